The lowest BCUT2D eigenvalue weighted by molar-refractivity contribution is 0.172. The molecule has 0 amide bonds. The maximum atomic E-state index is 5.58. The van der Waals surface area contributed by atoms with E-state index in [0.29, 0.717) is 19.3 Å². The molecular weight excluding hydrogens is 230 g/mol. The highest BCUT2D eigenvalue weighted by Crippen LogP contribution is 2.34. The molecule has 0 bridgehead atoms. The van der Waals surface area contributed by atoms with E-state index >= 15 is 0 Å². The molecule has 3 heterocycles. The number of H-pyrrole nitrogens is 1. The van der Waals surface area contributed by atoms with Crippen molar-refractivity contribution in [2.45, 2.75) is 18.9 Å². The predicted octanol–water partition coefficient (Wildman–Crippen LogP) is 1.76. The molecule has 1 unspecified atom stereocenters. The van der Waals surface area contributed by atoms with Crippen LogP contribution in [0, 0.1) is 0 Å². The number of benzene rings is 1. The number of fused-ring (bicyclic) bond motifs is 2. The van der Waals surface area contributed by atoms with Gasteiger partial charge in [0.05, 0.1) is 17.1 Å². The first-order valence-electron chi connectivity index (χ1n) is 6.43. The quantitative estimate of drug-likeness (QED) is 0.803. The molecule has 18 heavy (non-hydrogen) atoms. The molecule has 1 atom stereocenters. The minimum Gasteiger partial charge on any atom is -0.486 e. The Balaban J connectivity index is 1.79. The van der Waals surface area contributed by atoms with E-state index < -0.39 is 0 Å². The smallest absolute Gasteiger partial charge is 0.163 e. The molecule has 0 aliphatic carbocycles. The first-order chi connectivity index (χ1) is 8.90. The number of aromatic nitrogens is 2. The average Bonchev–Trinajstić information content (AvgIpc) is 3.04. The highest BCUT2D eigenvalue weighted by Gasteiger charge is 2.21. The first-order valence-corrected chi connectivity index (χ1v) is 6.43. The van der Waals surface area contributed by atoms with Crippen LogP contribution in [0.25, 0.3) is 11.0 Å². The van der Waals surface area contributed by atoms with Gasteiger partial charge in [0, 0.05) is 12.1 Å². The molecule has 5 heteroatoms. The molecule has 1 aromatic heterocycles. The number of hydrogen-bond donors (Lipinski definition) is 2. The van der Waals surface area contributed by atoms with Crippen molar-refractivity contribution in [1.29, 1.82) is 0 Å². The van der Waals surface area contributed by atoms with Gasteiger partial charge in [0.25, 0.3) is 0 Å². The summed E-state index contributed by atoms with van der Waals surface area (Å²) in [6, 6.07) is 4.30. The molecule has 0 spiro atoms. The van der Waals surface area contributed by atoms with Gasteiger partial charge in [0.15, 0.2) is 11.5 Å². The van der Waals surface area contributed by atoms with Gasteiger partial charge in [-0.2, -0.15) is 0 Å². The van der Waals surface area contributed by atoms with Gasteiger partial charge in [0.2, 0.25) is 0 Å². The van der Waals surface area contributed by atoms with Crippen molar-refractivity contribution in [1.82, 2.24) is 15.3 Å². The highest BCUT2D eigenvalue weighted by molar-refractivity contribution is 5.80. The summed E-state index contributed by atoms with van der Waals surface area (Å²) in [5, 5.41) is 3.45. The van der Waals surface area contributed by atoms with Gasteiger partial charge >= 0.3 is 0 Å². The zero-order valence-corrected chi connectivity index (χ0v) is 10.0. The molecule has 2 aliphatic rings. The second-order valence-corrected chi connectivity index (χ2v) is 4.78. The van der Waals surface area contributed by atoms with Crippen LogP contribution in [-0.2, 0) is 0 Å². The second-order valence-electron chi connectivity index (χ2n) is 4.78. The lowest BCUT2D eigenvalue weighted by atomic mass is 10.2. The normalized spacial score (nSPS) is 22.6. The summed E-state index contributed by atoms with van der Waals surface area (Å²) in [6.07, 6.45) is 2.36. The van der Waals surface area contributed by atoms with Crippen LogP contribution in [-0.4, -0.2) is 29.7 Å². The Labute approximate surface area is 104 Å². The number of nitrogens with one attached hydrogen (secondary N) is 2. The average molecular weight is 245 g/mol. The molecule has 2 aliphatic heterocycles. The van der Waals surface area contributed by atoms with Gasteiger partial charge in [-0.05, 0) is 19.4 Å². The molecular formula is C13H15N3O2. The topological polar surface area (TPSA) is 59.2 Å². The van der Waals surface area contributed by atoms with Gasteiger partial charge in [-0.25, -0.2) is 4.98 Å². The van der Waals surface area contributed by atoms with Crippen LogP contribution in [0.2, 0.25) is 0 Å². The molecule has 0 radical (unpaired) electrons. The molecule has 4 rings (SSSR count). The third kappa shape index (κ3) is 1.54. The van der Waals surface area contributed by atoms with Gasteiger partial charge in [-0.15, -0.1) is 0 Å². The Kier molecular flexibility index (Phi) is 2.20. The molecule has 1 aromatic carbocycles. The zero-order chi connectivity index (χ0) is 11.9. The minimum absolute atomic E-state index is 0.358. The Bertz CT molecular complexity index is 544. The van der Waals surface area contributed by atoms with Crippen molar-refractivity contribution in [3.8, 4) is 11.5 Å². The molecule has 5 nitrogen and oxygen atoms in total. The number of rotatable bonds is 1. The van der Waals surface area contributed by atoms with Crippen LogP contribution in [0.15, 0.2) is 12.1 Å². The minimum atomic E-state index is 0.358. The van der Waals surface area contributed by atoms with Crippen LogP contribution >= 0.6 is 0 Å². The van der Waals surface area contributed by atoms with Crippen LogP contribution in [0.3, 0.4) is 0 Å². The van der Waals surface area contributed by atoms with E-state index in [1.165, 1.54) is 6.42 Å². The van der Waals surface area contributed by atoms with Crippen molar-refractivity contribution < 1.29 is 9.47 Å². The summed E-state index contributed by atoms with van der Waals surface area (Å²) in [5.41, 5.74) is 1.96. The lowest BCUT2D eigenvalue weighted by Gasteiger charge is -2.17. The van der Waals surface area contributed by atoms with Crippen molar-refractivity contribution in [3.05, 3.63) is 18.0 Å². The Morgan fingerprint density at radius 2 is 2.00 bits per heavy atom. The maximum absolute atomic E-state index is 5.58. The van der Waals surface area contributed by atoms with E-state index in [0.717, 1.165) is 41.3 Å². The van der Waals surface area contributed by atoms with E-state index in [9.17, 15) is 0 Å². The highest BCUT2D eigenvalue weighted by atomic mass is 16.6. The summed E-state index contributed by atoms with van der Waals surface area (Å²) in [4.78, 5) is 8.03. The fourth-order valence-electron chi connectivity index (χ4n) is 2.65. The second kappa shape index (κ2) is 3.88. The largest absolute Gasteiger partial charge is 0.486 e. The molecule has 1 saturated heterocycles. The van der Waals surface area contributed by atoms with E-state index in [1.807, 2.05) is 12.1 Å². The Hall–Kier alpha value is -1.75. The Morgan fingerprint density at radius 3 is 2.78 bits per heavy atom. The summed E-state index contributed by atoms with van der Waals surface area (Å²) < 4.78 is 11.1. The number of nitrogens with zero attached hydrogens (tertiary/aromatic N) is 1. The van der Waals surface area contributed by atoms with Crippen molar-refractivity contribution >= 4 is 11.0 Å². The van der Waals surface area contributed by atoms with Gasteiger partial charge < -0.3 is 19.8 Å². The van der Waals surface area contributed by atoms with E-state index in [-0.39, 0.29) is 0 Å². The molecule has 2 aromatic rings. The van der Waals surface area contributed by atoms with Crippen LogP contribution in [0.1, 0.15) is 24.7 Å². The van der Waals surface area contributed by atoms with Crippen molar-refractivity contribution in [3.63, 3.8) is 0 Å². The van der Waals surface area contributed by atoms with Gasteiger partial charge in [-0.1, -0.05) is 0 Å². The third-order valence-electron chi connectivity index (χ3n) is 3.55. The number of imidazole rings is 1. The summed E-state index contributed by atoms with van der Waals surface area (Å²) in [7, 11) is 0. The first kappa shape index (κ1) is 10.2. The van der Waals surface area contributed by atoms with Crippen LogP contribution in [0.4, 0.5) is 0 Å². The predicted molar refractivity (Wildman–Crippen MR) is 67.1 cm³/mol. The third-order valence-corrected chi connectivity index (χ3v) is 3.55. The van der Waals surface area contributed by atoms with E-state index in [2.05, 4.69) is 15.3 Å². The molecule has 1 fully saturated rings. The monoisotopic (exact) mass is 245 g/mol. The maximum Gasteiger partial charge on any atom is 0.163 e. The fraction of sp³-hybridized carbons (Fsp3) is 0.462. The fourth-order valence-corrected chi connectivity index (χ4v) is 2.65. The number of ether oxygens (including phenoxy) is 2. The zero-order valence-electron chi connectivity index (χ0n) is 10.0. The van der Waals surface area contributed by atoms with E-state index in [4.69, 9.17) is 9.47 Å². The van der Waals surface area contributed by atoms with Crippen molar-refractivity contribution in [2.75, 3.05) is 19.8 Å². The number of aromatic amines is 1. The van der Waals surface area contributed by atoms with Crippen molar-refractivity contribution in [2.24, 2.45) is 0 Å². The summed E-state index contributed by atoms with van der Waals surface area (Å²) in [5.74, 6) is 2.62. The Morgan fingerprint density at radius 1 is 1.17 bits per heavy atom. The standard InChI is InChI=1S/C13H15N3O2/c1-2-8(14-3-1)13-15-9-6-11-12(7-10(9)16-13)18-5-4-17-11/h6-8,14H,1-5H2,(H,15,16). The molecule has 2 N–H and O–H groups in total. The summed E-state index contributed by atoms with van der Waals surface area (Å²) in [6.45, 7) is 2.30. The van der Waals surface area contributed by atoms with Gasteiger partial charge in [0.1, 0.15) is 19.0 Å². The van der Waals surface area contributed by atoms with Gasteiger partial charge in [-0.3, -0.25) is 0 Å². The van der Waals surface area contributed by atoms with Crippen LogP contribution < -0.4 is 14.8 Å². The lowest BCUT2D eigenvalue weighted by Crippen LogP contribution is -2.15. The summed E-state index contributed by atoms with van der Waals surface area (Å²) >= 11 is 0. The molecule has 94 valence electrons. The van der Waals surface area contributed by atoms with Crippen LogP contribution in [0.5, 0.6) is 11.5 Å². The number of hydrogen-bond acceptors (Lipinski definition) is 4. The van der Waals surface area contributed by atoms with E-state index in [1.54, 1.807) is 0 Å². The molecule has 0 saturated carbocycles. The SMILES string of the molecule is c1c2c(cc3[nH]c(C4CCCN4)nc13)OCCO2.